The van der Waals surface area contributed by atoms with Gasteiger partial charge in [0.05, 0.1) is 6.10 Å². The van der Waals surface area contributed by atoms with E-state index in [1.807, 2.05) is 24.1 Å². The van der Waals surface area contributed by atoms with Gasteiger partial charge in [-0.25, -0.2) is 0 Å². The highest BCUT2D eigenvalue weighted by atomic mass is 79.9. The van der Waals surface area contributed by atoms with Gasteiger partial charge in [-0.15, -0.1) is 0 Å². The molecule has 6 heteroatoms. The average molecular weight is 302 g/mol. The molecule has 1 atom stereocenters. The highest BCUT2D eigenvalue weighted by Crippen LogP contribution is 2.23. The number of hydrogen-bond acceptors (Lipinski definition) is 4. The number of rotatable bonds is 4. The molecule has 1 aromatic rings. The molecule has 5 nitrogen and oxygen atoms in total. The first kappa shape index (κ1) is 13.8. The molecule has 0 aliphatic rings. The Morgan fingerprint density at radius 1 is 1.59 bits per heavy atom. The van der Waals surface area contributed by atoms with Crippen molar-refractivity contribution >= 4 is 27.5 Å². The van der Waals surface area contributed by atoms with Crippen LogP contribution in [0.25, 0.3) is 0 Å². The second-order valence-corrected chi connectivity index (χ2v) is 4.79. The maximum Gasteiger partial charge on any atom is 0.172 e. The Bertz CT molecular complexity index is 421. The van der Waals surface area contributed by atoms with Crippen LogP contribution in [0.5, 0.6) is 0 Å². The maximum absolute atomic E-state index is 9.36. The zero-order chi connectivity index (χ0) is 13.0. The van der Waals surface area contributed by atoms with Crippen molar-refractivity contribution in [2.75, 3.05) is 18.5 Å². The molecular formula is C11H16BrN3O2. The summed E-state index contributed by atoms with van der Waals surface area (Å²) in [6.07, 6.45) is -0.455. The highest BCUT2D eigenvalue weighted by Gasteiger charge is 2.13. The zero-order valence-electron chi connectivity index (χ0n) is 9.76. The van der Waals surface area contributed by atoms with E-state index in [9.17, 15) is 5.11 Å². The molecule has 0 spiro atoms. The van der Waals surface area contributed by atoms with Crippen LogP contribution in [0.15, 0.2) is 27.8 Å². The number of aliphatic hydroxyl groups excluding tert-OH is 1. The normalized spacial score (nSPS) is 13.5. The Labute approximate surface area is 109 Å². The van der Waals surface area contributed by atoms with E-state index in [1.54, 1.807) is 13.0 Å². The summed E-state index contributed by atoms with van der Waals surface area (Å²) in [7, 11) is 1.84. The molecule has 1 rings (SSSR count). The molecule has 0 amide bonds. The largest absolute Gasteiger partial charge is 0.409 e. The molecule has 0 saturated heterocycles. The van der Waals surface area contributed by atoms with E-state index in [2.05, 4.69) is 21.1 Å². The standard InChI is InChI=1S/C11H16BrN3O2/c1-7(16)6-15(2)10-4-3-8(12)5-9(10)11(13)14-17/h3-5,7,16-17H,6H2,1-2H3,(H2,13,14). The Morgan fingerprint density at radius 3 is 2.76 bits per heavy atom. The van der Waals surface area contributed by atoms with Crippen LogP contribution in [-0.2, 0) is 0 Å². The summed E-state index contributed by atoms with van der Waals surface area (Å²) in [5.41, 5.74) is 7.03. The summed E-state index contributed by atoms with van der Waals surface area (Å²) < 4.78 is 0.841. The molecule has 0 bridgehead atoms. The average Bonchev–Trinajstić information content (AvgIpc) is 2.26. The number of likely N-dealkylation sites (N-methyl/N-ethyl adjacent to an activating group) is 1. The van der Waals surface area contributed by atoms with Gasteiger partial charge in [-0.05, 0) is 25.1 Å². The van der Waals surface area contributed by atoms with Gasteiger partial charge in [0.25, 0.3) is 0 Å². The fourth-order valence-electron chi connectivity index (χ4n) is 1.59. The van der Waals surface area contributed by atoms with Crippen molar-refractivity contribution in [3.05, 3.63) is 28.2 Å². The first-order chi connectivity index (χ1) is 7.95. The maximum atomic E-state index is 9.36. The monoisotopic (exact) mass is 301 g/mol. The van der Waals surface area contributed by atoms with Crippen LogP contribution in [0.3, 0.4) is 0 Å². The SMILES string of the molecule is CC(O)CN(C)c1ccc(Br)cc1/C(N)=N/O. The van der Waals surface area contributed by atoms with Crippen LogP contribution in [0.1, 0.15) is 12.5 Å². The molecular weight excluding hydrogens is 286 g/mol. The molecule has 1 aromatic carbocycles. The van der Waals surface area contributed by atoms with Crippen LogP contribution < -0.4 is 10.6 Å². The summed E-state index contributed by atoms with van der Waals surface area (Å²) in [6.45, 7) is 2.17. The predicted octanol–water partition coefficient (Wildman–Crippen LogP) is 1.36. The van der Waals surface area contributed by atoms with E-state index in [4.69, 9.17) is 10.9 Å². The summed E-state index contributed by atoms with van der Waals surface area (Å²) in [6, 6.07) is 5.48. The van der Waals surface area contributed by atoms with Gasteiger partial charge in [0.15, 0.2) is 5.84 Å². The van der Waals surface area contributed by atoms with Gasteiger partial charge in [0, 0.05) is 29.3 Å². The molecule has 0 saturated carbocycles. The third-order valence-corrected chi connectivity index (χ3v) is 2.78. The topological polar surface area (TPSA) is 82.1 Å². The van der Waals surface area contributed by atoms with Crippen LogP contribution in [0.2, 0.25) is 0 Å². The number of nitrogens with zero attached hydrogens (tertiary/aromatic N) is 2. The van der Waals surface area contributed by atoms with Crippen molar-refractivity contribution in [2.45, 2.75) is 13.0 Å². The first-order valence-corrected chi connectivity index (χ1v) is 5.91. The van der Waals surface area contributed by atoms with Crippen LogP contribution in [0.4, 0.5) is 5.69 Å². The van der Waals surface area contributed by atoms with Gasteiger partial charge >= 0.3 is 0 Å². The predicted molar refractivity (Wildman–Crippen MR) is 71.6 cm³/mol. The Hall–Kier alpha value is -1.27. The molecule has 17 heavy (non-hydrogen) atoms. The Morgan fingerprint density at radius 2 is 2.24 bits per heavy atom. The zero-order valence-corrected chi connectivity index (χ0v) is 11.3. The quantitative estimate of drug-likeness (QED) is 0.339. The first-order valence-electron chi connectivity index (χ1n) is 5.12. The van der Waals surface area contributed by atoms with Crippen molar-refractivity contribution in [3.8, 4) is 0 Å². The smallest absolute Gasteiger partial charge is 0.172 e. The van der Waals surface area contributed by atoms with Crippen molar-refractivity contribution < 1.29 is 10.3 Å². The van der Waals surface area contributed by atoms with Gasteiger partial charge in [-0.1, -0.05) is 21.1 Å². The number of aliphatic hydroxyl groups is 1. The van der Waals surface area contributed by atoms with Crippen molar-refractivity contribution in [1.29, 1.82) is 0 Å². The van der Waals surface area contributed by atoms with Gasteiger partial charge in [-0.2, -0.15) is 0 Å². The van der Waals surface area contributed by atoms with Gasteiger partial charge in [0.2, 0.25) is 0 Å². The van der Waals surface area contributed by atoms with E-state index in [-0.39, 0.29) is 5.84 Å². The molecule has 0 fully saturated rings. The molecule has 4 N–H and O–H groups in total. The number of oxime groups is 1. The van der Waals surface area contributed by atoms with Crippen LogP contribution >= 0.6 is 15.9 Å². The number of benzene rings is 1. The summed E-state index contributed by atoms with van der Waals surface area (Å²) in [5.74, 6) is 0.0405. The lowest BCUT2D eigenvalue weighted by molar-refractivity contribution is 0.201. The number of amidine groups is 1. The van der Waals surface area contributed by atoms with Gasteiger partial charge in [-0.3, -0.25) is 0 Å². The summed E-state index contributed by atoms with van der Waals surface area (Å²) in [5, 5.41) is 21.1. The third kappa shape index (κ3) is 3.61. The number of halogens is 1. The summed E-state index contributed by atoms with van der Waals surface area (Å²) >= 11 is 3.33. The van der Waals surface area contributed by atoms with E-state index >= 15 is 0 Å². The minimum Gasteiger partial charge on any atom is -0.409 e. The van der Waals surface area contributed by atoms with Gasteiger partial charge < -0.3 is 20.9 Å². The molecule has 1 unspecified atom stereocenters. The van der Waals surface area contributed by atoms with Gasteiger partial charge in [0.1, 0.15) is 0 Å². The molecule has 0 radical (unpaired) electrons. The molecule has 94 valence electrons. The Kier molecular flexibility index (Phi) is 4.77. The van der Waals surface area contributed by atoms with E-state index < -0.39 is 6.10 Å². The van der Waals surface area contributed by atoms with Crippen molar-refractivity contribution in [2.24, 2.45) is 10.9 Å². The molecule has 0 aliphatic carbocycles. The number of hydrogen-bond donors (Lipinski definition) is 3. The molecule has 0 aromatic heterocycles. The van der Waals surface area contributed by atoms with Crippen molar-refractivity contribution in [3.63, 3.8) is 0 Å². The lowest BCUT2D eigenvalue weighted by Gasteiger charge is -2.23. The second-order valence-electron chi connectivity index (χ2n) is 3.88. The van der Waals surface area contributed by atoms with Crippen molar-refractivity contribution in [1.82, 2.24) is 0 Å². The highest BCUT2D eigenvalue weighted by molar-refractivity contribution is 9.10. The minimum atomic E-state index is -0.455. The number of nitrogens with two attached hydrogens (primary N) is 1. The fourth-order valence-corrected chi connectivity index (χ4v) is 1.96. The second kappa shape index (κ2) is 5.88. The lowest BCUT2D eigenvalue weighted by Crippen LogP contribution is -2.29. The van der Waals surface area contributed by atoms with E-state index in [0.29, 0.717) is 12.1 Å². The van der Waals surface area contributed by atoms with E-state index in [1.165, 1.54) is 0 Å². The molecule has 0 heterocycles. The third-order valence-electron chi connectivity index (χ3n) is 2.29. The fraction of sp³-hybridized carbons (Fsp3) is 0.364. The number of anilines is 1. The van der Waals surface area contributed by atoms with Crippen LogP contribution in [-0.4, -0.2) is 35.8 Å². The molecule has 0 aliphatic heterocycles. The summed E-state index contributed by atoms with van der Waals surface area (Å²) in [4.78, 5) is 1.85. The lowest BCUT2D eigenvalue weighted by atomic mass is 10.1. The minimum absolute atomic E-state index is 0.0405. The Balaban J connectivity index is 3.14. The van der Waals surface area contributed by atoms with Crippen LogP contribution in [0, 0.1) is 0 Å². The van der Waals surface area contributed by atoms with E-state index in [0.717, 1.165) is 10.2 Å².